The summed E-state index contributed by atoms with van der Waals surface area (Å²) in [7, 11) is 0. The van der Waals surface area contributed by atoms with Crippen LogP contribution >= 0.6 is 0 Å². The average Bonchev–Trinajstić information content (AvgIpc) is 2.66. The van der Waals surface area contributed by atoms with Crippen LogP contribution in [0.25, 0.3) is 0 Å². The molecule has 0 atom stereocenters. The van der Waals surface area contributed by atoms with E-state index in [2.05, 4.69) is 29.2 Å². The van der Waals surface area contributed by atoms with Crippen LogP contribution in [0, 0.1) is 5.82 Å². The van der Waals surface area contributed by atoms with E-state index in [1.807, 2.05) is 0 Å². The molecule has 1 heterocycles. The summed E-state index contributed by atoms with van der Waals surface area (Å²) in [4.78, 5) is 2.35. The quantitative estimate of drug-likeness (QED) is 0.850. The number of hydrogen-bond donors (Lipinski definition) is 1. The Morgan fingerprint density at radius 3 is 2.30 bits per heavy atom. The summed E-state index contributed by atoms with van der Waals surface area (Å²) in [5.41, 5.74) is 10.4. The van der Waals surface area contributed by atoms with Crippen molar-refractivity contribution in [2.24, 2.45) is 0 Å². The van der Waals surface area contributed by atoms with Crippen molar-refractivity contribution in [3.63, 3.8) is 0 Å². The number of halogens is 1. The van der Waals surface area contributed by atoms with Gasteiger partial charge in [-0.15, -0.1) is 0 Å². The lowest BCUT2D eigenvalue weighted by molar-refractivity contribution is 0.279. The maximum atomic E-state index is 13.3. The van der Waals surface area contributed by atoms with Gasteiger partial charge in [-0.05, 0) is 47.7 Å². The summed E-state index contributed by atoms with van der Waals surface area (Å²) in [6.45, 7) is 2.71. The van der Waals surface area contributed by atoms with Crippen LogP contribution in [0.15, 0.2) is 42.5 Å². The Morgan fingerprint density at radius 1 is 1.00 bits per heavy atom. The minimum Gasteiger partial charge on any atom is -0.398 e. The zero-order valence-corrected chi connectivity index (χ0v) is 11.5. The number of nitrogen functional groups attached to an aromatic ring is 1. The molecule has 0 bridgehead atoms. The highest BCUT2D eigenvalue weighted by atomic mass is 19.1. The highest BCUT2D eigenvalue weighted by Gasteiger charge is 2.14. The highest BCUT2D eigenvalue weighted by molar-refractivity contribution is 5.46. The van der Waals surface area contributed by atoms with Crippen LogP contribution in [0.5, 0.6) is 0 Å². The third-order valence-electron chi connectivity index (χ3n) is 4.01. The second-order valence-electron chi connectivity index (χ2n) is 5.39. The molecule has 2 nitrogen and oxygen atoms in total. The van der Waals surface area contributed by atoms with Crippen molar-refractivity contribution in [1.29, 1.82) is 0 Å². The summed E-state index contributed by atoms with van der Waals surface area (Å²) in [5, 5.41) is 0. The van der Waals surface area contributed by atoms with E-state index in [0.29, 0.717) is 5.69 Å². The van der Waals surface area contributed by atoms with Gasteiger partial charge in [-0.2, -0.15) is 0 Å². The van der Waals surface area contributed by atoms with Crippen LogP contribution in [-0.2, 0) is 19.4 Å². The first-order chi connectivity index (χ1) is 9.72. The van der Waals surface area contributed by atoms with Gasteiger partial charge in [0, 0.05) is 25.3 Å². The monoisotopic (exact) mass is 270 g/mol. The molecule has 0 fully saturated rings. The van der Waals surface area contributed by atoms with E-state index in [1.54, 1.807) is 12.1 Å². The van der Waals surface area contributed by atoms with E-state index >= 15 is 0 Å². The van der Waals surface area contributed by atoms with Gasteiger partial charge in [0.15, 0.2) is 0 Å². The Hall–Kier alpha value is -1.87. The smallest absolute Gasteiger partial charge is 0.123 e. The first kappa shape index (κ1) is 13.1. The molecule has 1 aliphatic rings. The third kappa shape index (κ3) is 2.83. The molecule has 0 amide bonds. The molecule has 2 aromatic rings. The second-order valence-corrected chi connectivity index (χ2v) is 5.39. The number of nitrogens with zero attached hydrogens (tertiary/aromatic N) is 1. The molecule has 2 N–H and O–H groups in total. The van der Waals surface area contributed by atoms with Gasteiger partial charge in [0.05, 0.1) is 0 Å². The van der Waals surface area contributed by atoms with Crippen LogP contribution < -0.4 is 5.73 Å². The summed E-state index contributed by atoms with van der Waals surface area (Å²) in [6.07, 6.45) is 2.09. The van der Waals surface area contributed by atoms with Gasteiger partial charge in [0.25, 0.3) is 0 Å². The molecular formula is C17H19FN2. The minimum absolute atomic E-state index is 0.215. The van der Waals surface area contributed by atoms with E-state index < -0.39 is 0 Å². The number of rotatable bonds is 2. The molecule has 0 unspecified atom stereocenters. The molecule has 2 aromatic carbocycles. The van der Waals surface area contributed by atoms with E-state index in [-0.39, 0.29) is 5.82 Å². The van der Waals surface area contributed by atoms with Crippen LogP contribution in [-0.4, -0.2) is 18.0 Å². The SMILES string of the molecule is Nc1ccc(F)cc1CN1CCc2ccccc2CC1. The molecule has 0 saturated carbocycles. The summed E-state index contributed by atoms with van der Waals surface area (Å²) in [5.74, 6) is -0.215. The summed E-state index contributed by atoms with van der Waals surface area (Å²) in [6, 6.07) is 13.2. The van der Waals surface area contributed by atoms with Crippen molar-refractivity contribution in [1.82, 2.24) is 4.90 Å². The number of fused-ring (bicyclic) bond motifs is 1. The normalized spacial score (nSPS) is 15.7. The highest BCUT2D eigenvalue weighted by Crippen LogP contribution is 2.20. The van der Waals surface area contributed by atoms with Crippen LogP contribution in [0.1, 0.15) is 16.7 Å². The fraction of sp³-hybridized carbons (Fsp3) is 0.294. The lowest BCUT2D eigenvalue weighted by atomic mass is 10.0. The Bertz CT molecular complexity index is 583. The van der Waals surface area contributed by atoms with E-state index in [4.69, 9.17) is 5.73 Å². The van der Waals surface area contributed by atoms with Gasteiger partial charge in [-0.25, -0.2) is 4.39 Å². The molecule has 0 aliphatic carbocycles. The number of nitrogens with two attached hydrogens (primary N) is 1. The van der Waals surface area contributed by atoms with Gasteiger partial charge in [-0.1, -0.05) is 24.3 Å². The lowest BCUT2D eigenvalue weighted by Gasteiger charge is -2.20. The van der Waals surface area contributed by atoms with E-state index in [0.717, 1.165) is 38.0 Å². The maximum Gasteiger partial charge on any atom is 0.123 e. The largest absolute Gasteiger partial charge is 0.398 e. The van der Waals surface area contributed by atoms with Crippen molar-refractivity contribution in [3.05, 3.63) is 65.0 Å². The van der Waals surface area contributed by atoms with E-state index in [1.165, 1.54) is 17.2 Å². The molecule has 3 heteroatoms. The van der Waals surface area contributed by atoms with Gasteiger partial charge >= 0.3 is 0 Å². The molecule has 0 spiro atoms. The van der Waals surface area contributed by atoms with Crippen LogP contribution in [0.2, 0.25) is 0 Å². The maximum absolute atomic E-state index is 13.3. The number of hydrogen-bond acceptors (Lipinski definition) is 2. The minimum atomic E-state index is -0.215. The van der Waals surface area contributed by atoms with Crippen LogP contribution in [0.4, 0.5) is 10.1 Å². The molecular weight excluding hydrogens is 251 g/mol. The fourth-order valence-corrected chi connectivity index (χ4v) is 2.82. The van der Waals surface area contributed by atoms with Gasteiger partial charge in [0.2, 0.25) is 0 Å². The Balaban J connectivity index is 1.73. The Labute approximate surface area is 119 Å². The standard InChI is InChI=1S/C17H19FN2/c18-16-5-6-17(19)15(11-16)12-20-9-7-13-3-1-2-4-14(13)8-10-20/h1-6,11H,7-10,12,19H2. The van der Waals surface area contributed by atoms with Crippen molar-refractivity contribution < 1.29 is 4.39 Å². The average molecular weight is 270 g/mol. The zero-order valence-electron chi connectivity index (χ0n) is 11.5. The van der Waals surface area contributed by atoms with Gasteiger partial charge < -0.3 is 5.73 Å². The van der Waals surface area contributed by atoms with Crippen molar-refractivity contribution in [2.45, 2.75) is 19.4 Å². The summed E-state index contributed by atoms with van der Waals surface area (Å²) < 4.78 is 13.3. The predicted molar refractivity (Wildman–Crippen MR) is 79.9 cm³/mol. The van der Waals surface area contributed by atoms with Crippen molar-refractivity contribution in [3.8, 4) is 0 Å². The fourth-order valence-electron chi connectivity index (χ4n) is 2.82. The molecule has 20 heavy (non-hydrogen) atoms. The molecule has 0 aromatic heterocycles. The molecule has 0 radical (unpaired) electrons. The third-order valence-corrected chi connectivity index (χ3v) is 4.01. The summed E-state index contributed by atoms with van der Waals surface area (Å²) >= 11 is 0. The van der Waals surface area contributed by atoms with Crippen LogP contribution in [0.3, 0.4) is 0 Å². The molecule has 104 valence electrons. The van der Waals surface area contributed by atoms with Gasteiger partial charge in [-0.3, -0.25) is 4.90 Å². The van der Waals surface area contributed by atoms with Crippen molar-refractivity contribution in [2.75, 3.05) is 18.8 Å². The lowest BCUT2D eigenvalue weighted by Crippen LogP contribution is -2.26. The topological polar surface area (TPSA) is 29.3 Å². The molecule has 0 saturated heterocycles. The first-order valence-electron chi connectivity index (χ1n) is 7.05. The Morgan fingerprint density at radius 2 is 1.65 bits per heavy atom. The van der Waals surface area contributed by atoms with E-state index in [9.17, 15) is 4.39 Å². The zero-order chi connectivity index (χ0) is 13.9. The second kappa shape index (κ2) is 5.63. The molecule has 1 aliphatic heterocycles. The number of anilines is 1. The Kier molecular flexibility index (Phi) is 3.70. The number of benzene rings is 2. The molecule has 3 rings (SSSR count). The first-order valence-corrected chi connectivity index (χ1v) is 7.05. The van der Waals surface area contributed by atoms with Gasteiger partial charge in [0.1, 0.15) is 5.82 Å². The predicted octanol–water partition coefficient (Wildman–Crippen LogP) is 3.01. The van der Waals surface area contributed by atoms with Crippen molar-refractivity contribution >= 4 is 5.69 Å².